The van der Waals surface area contributed by atoms with E-state index in [2.05, 4.69) is 12.2 Å². The van der Waals surface area contributed by atoms with E-state index in [1.54, 1.807) is 7.11 Å². The molecule has 2 aliphatic carbocycles. The first-order valence-corrected chi connectivity index (χ1v) is 7.05. The van der Waals surface area contributed by atoms with E-state index in [0.717, 1.165) is 11.8 Å². The van der Waals surface area contributed by atoms with E-state index in [9.17, 15) is 0 Å². The summed E-state index contributed by atoms with van der Waals surface area (Å²) in [7, 11) is 0.392. The van der Waals surface area contributed by atoms with Crippen molar-refractivity contribution in [1.82, 2.24) is 0 Å². The van der Waals surface area contributed by atoms with Gasteiger partial charge in [-0.1, -0.05) is 12.2 Å². The van der Waals surface area contributed by atoms with Crippen LogP contribution in [0, 0.1) is 11.8 Å². The van der Waals surface area contributed by atoms with Crippen LogP contribution in [0.1, 0.15) is 12.8 Å². The molecule has 0 aromatic rings. The molecule has 1 fully saturated rings. The van der Waals surface area contributed by atoms with E-state index in [1.165, 1.54) is 12.8 Å². The van der Waals surface area contributed by atoms with Crippen molar-refractivity contribution in [2.24, 2.45) is 11.8 Å². The fourth-order valence-corrected chi connectivity index (χ4v) is 4.76. The van der Waals surface area contributed by atoms with E-state index in [4.69, 9.17) is 15.5 Å². The Balaban J connectivity index is 2.02. The number of fused-ring (bicyclic) bond motifs is 2. The average molecular weight is 189 g/mol. The van der Waals surface area contributed by atoms with Crippen molar-refractivity contribution in [2.45, 2.75) is 18.4 Å². The first-order valence-electron chi connectivity index (χ1n) is 4.16. The van der Waals surface area contributed by atoms with Crippen molar-refractivity contribution < 1.29 is 4.43 Å². The van der Waals surface area contributed by atoms with Gasteiger partial charge in [0.2, 0.25) is 0 Å². The summed E-state index contributed by atoms with van der Waals surface area (Å²) in [5, 5.41) is 0. The maximum Gasteiger partial charge on any atom is 0.277 e. The first-order chi connectivity index (χ1) is 5.31. The molecule has 0 aromatic heterocycles. The molecule has 0 radical (unpaired) electrons. The predicted molar refractivity (Wildman–Crippen MR) is 49.1 cm³/mol. The Morgan fingerprint density at radius 2 is 2.27 bits per heavy atom. The second-order valence-corrected chi connectivity index (χ2v) is 6.85. The van der Waals surface area contributed by atoms with Crippen LogP contribution in [-0.4, -0.2) is 15.5 Å². The molecule has 3 heteroatoms. The summed E-state index contributed by atoms with van der Waals surface area (Å²) in [5.41, 5.74) is 0.705. The minimum absolute atomic E-state index is 0.705. The molecule has 2 bridgehead atoms. The quantitative estimate of drug-likeness (QED) is 0.366. The molecule has 0 spiro atoms. The van der Waals surface area contributed by atoms with Gasteiger partial charge in [0.1, 0.15) is 0 Å². The second-order valence-electron chi connectivity index (χ2n) is 3.53. The fourth-order valence-electron chi connectivity index (χ4n) is 2.30. The highest BCUT2D eigenvalue weighted by Gasteiger charge is 2.40. The number of hydrogen-bond acceptors (Lipinski definition) is 1. The normalized spacial score (nSPS) is 43.3. The molecule has 0 heterocycles. The van der Waals surface area contributed by atoms with Gasteiger partial charge in [-0.05, 0) is 30.2 Å². The van der Waals surface area contributed by atoms with Crippen LogP contribution in [0.2, 0.25) is 5.54 Å². The van der Waals surface area contributed by atoms with Gasteiger partial charge in [-0.3, -0.25) is 0 Å². The molecular weight excluding hydrogens is 176 g/mol. The molecule has 0 saturated heterocycles. The van der Waals surface area contributed by atoms with Gasteiger partial charge >= 0.3 is 0 Å². The Hall–Kier alpha value is 0.207. The molecule has 2 rings (SSSR count). The molecule has 2 aliphatic rings. The van der Waals surface area contributed by atoms with Crippen LogP contribution in [0.3, 0.4) is 0 Å². The van der Waals surface area contributed by atoms with Gasteiger partial charge in [0.25, 0.3) is 8.35 Å². The molecule has 1 nitrogen and oxygen atoms in total. The maximum absolute atomic E-state index is 6.15. The zero-order valence-electron chi connectivity index (χ0n) is 6.66. The van der Waals surface area contributed by atoms with Crippen molar-refractivity contribution in [3.63, 3.8) is 0 Å². The lowest BCUT2D eigenvalue weighted by molar-refractivity contribution is 0.413. The molecule has 0 N–H and O–H groups in total. The van der Waals surface area contributed by atoms with Crippen LogP contribution in [0.5, 0.6) is 0 Å². The molecule has 4 unspecified atom stereocenters. The Bertz CT molecular complexity index is 183. The van der Waals surface area contributed by atoms with Gasteiger partial charge in [0, 0.05) is 7.11 Å². The number of rotatable bonds is 2. The zero-order valence-corrected chi connectivity index (χ0v) is 8.58. The van der Waals surface area contributed by atoms with Gasteiger partial charge < -0.3 is 4.43 Å². The molecule has 0 aromatic carbocycles. The van der Waals surface area contributed by atoms with Gasteiger partial charge in [0.05, 0.1) is 0 Å². The van der Waals surface area contributed by atoms with Gasteiger partial charge in [0.15, 0.2) is 0 Å². The minimum Gasteiger partial charge on any atom is -0.409 e. The summed E-state index contributed by atoms with van der Waals surface area (Å²) in [6, 6.07) is 0. The molecule has 11 heavy (non-hydrogen) atoms. The average Bonchev–Trinajstić information content (AvgIpc) is 2.62. The van der Waals surface area contributed by atoms with Crippen LogP contribution >= 0.6 is 11.1 Å². The highest BCUT2D eigenvalue weighted by atomic mass is 35.6. The fraction of sp³-hybridized carbons (Fsp3) is 0.750. The van der Waals surface area contributed by atoms with E-state index in [1.807, 2.05) is 0 Å². The maximum atomic E-state index is 6.15. The Labute approximate surface area is 73.8 Å². The van der Waals surface area contributed by atoms with Crippen LogP contribution < -0.4 is 0 Å². The molecule has 0 aliphatic heterocycles. The monoisotopic (exact) mass is 188 g/mol. The molecule has 4 atom stereocenters. The van der Waals surface area contributed by atoms with Crippen molar-refractivity contribution in [3.8, 4) is 0 Å². The smallest absolute Gasteiger partial charge is 0.277 e. The Kier molecular flexibility index (Phi) is 2.08. The van der Waals surface area contributed by atoms with Crippen LogP contribution in [0.25, 0.3) is 0 Å². The Morgan fingerprint density at radius 3 is 2.73 bits per heavy atom. The predicted octanol–water partition coefficient (Wildman–Crippen LogP) is 2.06. The zero-order chi connectivity index (χ0) is 7.84. The minimum atomic E-state index is -1.36. The van der Waals surface area contributed by atoms with Crippen LogP contribution in [0.4, 0.5) is 0 Å². The van der Waals surface area contributed by atoms with Gasteiger partial charge in [-0.2, -0.15) is 0 Å². The number of halogens is 1. The molecule has 1 saturated carbocycles. The Morgan fingerprint density at radius 1 is 1.45 bits per heavy atom. The lowest BCUT2D eigenvalue weighted by Crippen LogP contribution is -2.20. The third kappa shape index (κ3) is 1.28. The largest absolute Gasteiger partial charge is 0.409 e. The summed E-state index contributed by atoms with van der Waals surface area (Å²) >= 11 is 6.15. The second kappa shape index (κ2) is 2.92. The van der Waals surface area contributed by atoms with Crippen molar-refractivity contribution in [3.05, 3.63) is 12.2 Å². The summed E-state index contributed by atoms with van der Waals surface area (Å²) in [4.78, 5) is 0. The molecule has 62 valence electrons. The lowest BCUT2D eigenvalue weighted by Gasteiger charge is -2.20. The van der Waals surface area contributed by atoms with Gasteiger partial charge in [-0.15, -0.1) is 11.1 Å². The number of allylic oxidation sites excluding steroid dienone is 2. The van der Waals surface area contributed by atoms with E-state index >= 15 is 0 Å². The van der Waals surface area contributed by atoms with E-state index in [0.29, 0.717) is 5.54 Å². The SMILES string of the molecule is CO[SiH](Cl)C1CC2C=CC1C2. The highest BCUT2D eigenvalue weighted by Crippen LogP contribution is 2.49. The first kappa shape index (κ1) is 7.84. The summed E-state index contributed by atoms with van der Waals surface area (Å²) in [5.74, 6) is 1.59. The summed E-state index contributed by atoms with van der Waals surface area (Å²) in [6.07, 6.45) is 7.30. The van der Waals surface area contributed by atoms with E-state index < -0.39 is 8.35 Å². The van der Waals surface area contributed by atoms with Crippen LogP contribution in [0.15, 0.2) is 12.2 Å². The van der Waals surface area contributed by atoms with Crippen molar-refractivity contribution in [1.29, 1.82) is 0 Å². The summed E-state index contributed by atoms with van der Waals surface area (Å²) in [6.45, 7) is 0. The highest BCUT2D eigenvalue weighted by molar-refractivity contribution is 7.04. The van der Waals surface area contributed by atoms with E-state index in [-0.39, 0.29) is 0 Å². The molecular formula is C8H13ClOSi. The topological polar surface area (TPSA) is 9.23 Å². The summed E-state index contributed by atoms with van der Waals surface area (Å²) < 4.78 is 5.26. The van der Waals surface area contributed by atoms with Crippen molar-refractivity contribution >= 4 is 19.4 Å². The lowest BCUT2D eigenvalue weighted by atomic mass is 10.1. The van der Waals surface area contributed by atoms with Crippen molar-refractivity contribution in [2.75, 3.05) is 7.11 Å². The standard InChI is InChI=1S/C8H13ClOSi/c1-10-11(9)8-5-6-2-3-7(8)4-6/h2-3,6-8,11H,4-5H2,1H3. The third-order valence-corrected chi connectivity index (χ3v) is 6.29. The third-order valence-electron chi connectivity index (χ3n) is 2.89. The molecule has 0 amide bonds. The van der Waals surface area contributed by atoms with Gasteiger partial charge in [-0.25, -0.2) is 0 Å². The van der Waals surface area contributed by atoms with Crippen LogP contribution in [-0.2, 0) is 4.43 Å². The number of hydrogen-bond donors (Lipinski definition) is 0.